The first-order chi connectivity index (χ1) is 13.1. The van der Waals surface area contributed by atoms with Crippen molar-refractivity contribution in [2.24, 2.45) is 0 Å². The first-order valence-electron chi connectivity index (χ1n) is 8.34. The second-order valence-electron chi connectivity index (χ2n) is 5.78. The lowest BCUT2D eigenvalue weighted by atomic mass is 10.2. The van der Waals surface area contributed by atoms with Gasteiger partial charge in [-0.1, -0.05) is 30.3 Å². The summed E-state index contributed by atoms with van der Waals surface area (Å²) in [6.45, 7) is 1.44. The van der Waals surface area contributed by atoms with Crippen LogP contribution in [0.5, 0.6) is 0 Å². The molecule has 3 rings (SSSR count). The van der Waals surface area contributed by atoms with Crippen molar-refractivity contribution in [3.05, 3.63) is 70.8 Å². The summed E-state index contributed by atoms with van der Waals surface area (Å²) in [7, 11) is 0. The van der Waals surface area contributed by atoms with Crippen molar-refractivity contribution in [3.8, 4) is 6.07 Å². The number of carbonyl (C=O) groups is 1. The van der Waals surface area contributed by atoms with Crippen LogP contribution in [-0.4, -0.2) is 20.8 Å². The van der Waals surface area contributed by atoms with Gasteiger partial charge in [0.15, 0.2) is 5.82 Å². The maximum absolute atomic E-state index is 12.6. The zero-order valence-corrected chi connectivity index (χ0v) is 15.5. The smallest absolute Gasteiger partial charge is 0.319 e. The number of rotatable bonds is 6. The predicted octanol–water partition coefficient (Wildman–Crippen LogP) is 3.14. The minimum atomic E-state index is -0.413. The highest BCUT2D eigenvalue weighted by molar-refractivity contribution is 8.00. The zero-order chi connectivity index (χ0) is 19.2. The quantitative estimate of drug-likeness (QED) is 0.483. The van der Waals surface area contributed by atoms with Crippen LogP contribution >= 0.6 is 11.8 Å². The van der Waals surface area contributed by atoms with Gasteiger partial charge in [0.2, 0.25) is 0 Å². The van der Waals surface area contributed by atoms with Crippen LogP contribution in [0, 0.1) is 11.3 Å². The Balaban J connectivity index is 1.78. The number of aromatic nitrogens is 2. The topological polar surface area (TPSA) is 85.0 Å². The molecule has 1 aromatic heterocycles. The predicted molar refractivity (Wildman–Crippen MR) is 103 cm³/mol. The number of thioether (sulfide) groups is 1. The molecule has 0 fully saturated rings. The fraction of sp³-hybridized carbons (Fsp3) is 0.200. The van der Waals surface area contributed by atoms with Gasteiger partial charge < -0.3 is 4.74 Å². The van der Waals surface area contributed by atoms with Crippen LogP contribution in [0.3, 0.4) is 0 Å². The number of nitrogens with zero attached hydrogens (tertiary/aromatic N) is 3. The second kappa shape index (κ2) is 8.52. The van der Waals surface area contributed by atoms with Crippen LogP contribution in [0.4, 0.5) is 0 Å². The standard InChI is InChI=1S/C20H17N3O3S/c1-14(27-15-7-3-2-4-8-15)20(25)26-13-18-22-17-10-6-5-9-16(17)19(24)23(18)12-11-21/h2-10,14H,12-13H2,1H3/t14-/m1/s1. The van der Waals surface area contributed by atoms with Gasteiger partial charge in [0.25, 0.3) is 5.56 Å². The normalized spacial score (nSPS) is 11.7. The van der Waals surface area contributed by atoms with Gasteiger partial charge in [-0.05, 0) is 31.2 Å². The molecule has 1 heterocycles. The molecule has 0 saturated heterocycles. The molecular formula is C20H17N3O3S. The molecule has 0 saturated carbocycles. The molecule has 6 nitrogen and oxygen atoms in total. The highest BCUT2D eigenvalue weighted by Gasteiger charge is 2.18. The second-order valence-corrected chi connectivity index (χ2v) is 7.19. The number of para-hydroxylation sites is 1. The van der Waals surface area contributed by atoms with E-state index in [0.29, 0.717) is 10.9 Å². The summed E-state index contributed by atoms with van der Waals surface area (Å²) in [5.41, 5.74) is 0.189. The Morgan fingerprint density at radius 2 is 1.93 bits per heavy atom. The van der Waals surface area contributed by atoms with E-state index in [0.717, 1.165) is 4.90 Å². The van der Waals surface area contributed by atoms with Gasteiger partial charge in [-0.3, -0.25) is 14.2 Å². The third-order valence-corrected chi connectivity index (χ3v) is 4.99. The fourth-order valence-corrected chi connectivity index (χ4v) is 3.45. The van der Waals surface area contributed by atoms with E-state index in [1.165, 1.54) is 16.3 Å². The molecule has 0 N–H and O–H groups in total. The Morgan fingerprint density at radius 3 is 2.67 bits per heavy atom. The lowest BCUT2D eigenvalue weighted by Crippen LogP contribution is -2.27. The Hall–Kier alpha value is -3.11. The van der Waals surface area contributed by atoms with Crippen LogP contribution in [-0.2, 0) is 22.7 Å². The van der Waals surface area contributed by atoms with E-state index in [9.17, 15) is 9.59 Å². The average Bonchev–Trinajstić information content (AvgIpc) is 2.69. The number of fused-ring (bicyclic) bond motifs is 1. The van der Waals surface area contributed by atoms with Gasteiger partial charge in [0, 0.05) is 4.90 Å². The Morgan fingerprint density at radius 1 is 1.22 bits per heavy atom. The van der Waals surface area contributed by atoms with Crippen LogP contribution in [0.1, 0.15) is 12.7 Å². The molecule has 27 heavy (non-hydrogen) atoms. The summed E-state index contributed by atoms with van der Waals surface area (Å²) in [4.78, 5) is 30.3. The average molecular weight is 379 g/mol. The minimum absolute atomic E-state index is 0.155. The first-order valence-corrected chi connectivity index (χ1v) is 9.22. The third kappa shape index (κ3) is 4.36. The lowest BCUT2D eigenvalue weighted by molar-refractivity contribution is -0.144. The van der Waals surface area contributed by atoms with E-state index in [2.05, 4.69) is 4.98 Å². The van der Waals surface area contributed by atoms with E-state index in [-0.39, 0.29) is 24.5 Å². The first kappa shape index (κ1) is 18.7. The summed E-state index contributed by atoms with van der Waals surface area (Å²) in [5.74, 6) is -0.153. The monoisotopic (exact) mass is 379 g/mol. The number of carbonyl (C=O) groups excluding carboxylic acids is 1. The van der Waals surface area contributed by atoms with Crippen molar-refractivity contribution in [2.75, 3.05) is 0 Å². The van der Waals surface area contributed by atoms with E-state index in [4.69, 9.17) is 10.00 Å². The SMILES string of the molecule is C[C@@H](Sc1ccccc1)C(=O)OCc1nc2ccccc2c(=O)n1CC#N. The Labute approximate surface area is 160 Å². The molecule has 3 aromatic rings. The van der Waals surface area contributed by atoms with Gasteiger partial charge in [-0.2, -0.15) is 5.26 Å². The molecule has 1 atom stereocenters. The summed E-state index contributed by atoms with van der Waals surface area (Å²) in [5, 5.41) is 9.04. The van der Waals surface area contributed by atoms with Crippen molar-refractivity contribution < 1.29 is 9.53 Å². The molecule has 0 spiro atoms. The number of nitriles is 1. The van der Waals surface area contributed by atoms with Crippen LogP contribution in [0.15, 0.2) is 64.3 Å². The third-order valence-electron chi connectivity index (χ3n) is 3.90. The summed E-state index contributed by atoms with van der Waals surface area (Å²) in [6, 6.07) is 18.4. The number of benzene rings is 2. The van der Waals surface area contributed by atoms with Crippen molar-refractivity contribution >= 4 is 28.6 Å². The molecule has 7 heteroatoms. The Bertz CT molecular complexity index is 1060. The van der Waals surface area contributed by atoms with E-state index in [1.807, 2.05) is 36.4 Å². The Kier molecular flexibility index (Phi) is 5.89. The summed E-state index contributed by atoms with van der Waals surface area (Å²) < 4.78 is 6.60. The number of esters is 1. The van der Waals surface area contributed by atoms with Crippen molar-refractivity contribution in [3.63, 3.8) is 0 Å². The molecule has 0 aliphatic rings. The van der Waals surface area contributed by atoms with E-state index < -0.39 is 11.2 Å². The molecule has 0 aliphatic carbocycles. The molecule has 2 aromatic carbocycles. The molecule has 0 bridgehead atoms. The van der Waals surface area contributed by atoms with Gasteiger partial charge in [-0.15, -0.1) is 11.8 Å². The van der Waals surface area contributed by atoms with Crippen LogP contribution in [0.25, 0.3) is 10.9 Å². The molecule has 0 amide bonds. The highest BCUT2D eigenvalue weighted by atomic mass is 32.2. The number of ether oxygens (including phenoxy) is 1. The van der Waals surface area contributed by atoms with Crippen LogP contribution < -0.4 is 5.56 Å². The fourth-order valence-electron chi connectivity index (χ4n) is 2.56. The van der Waals surface area contributed by atoms with Gasteiger partial charge in [0.05, 0.1) is 17.0 Å². The minimum Gasteiger partial charge on any atom is -0.457 e. The van der Waals surface area contributed by atoms with Crippen LogP contribution in [0.2, 0.25) is 0 Å². The molecule has 0 aliphatic heterocycles. The van der Waals surface area contributed by atoms with E-state index in [1.54, 1.807) is 31.2 Å². The van der Waals surface area contributed by atoms with E-state index >= 15 is 0 Å². The highest BCUT2D eigenvalue weighted by Crippen LogP contribution is 2.23. The summed E-state index contributed by atoms with van der Waals surface area (Å²) >= 11 is 1.39. The molecular weight excluding hydrogens is 362 g/mol. The molecule has 0 unspecified atom stereocenters. The van der Waals surface area contributed by atoms with Crippen molar-refractivity contribution in [1.82, 2.24) is 9.55 Å². The van der Waals surface area contributed by atoms with Gasteiger partial charge >= 0.3 is 5.97 Å². The van der Waals surface area contributed by atoms with Gasteiger partial charge in [-0.25, -0.2) is 4.98 Å². The largest absolute Gasteiger partial charge is 0.457 e. The van der Waals surface area contributed by atoms with Crippen molar-refractivity contribution in [2.45, 2.75) is 30.2 Å². The van der Waals surface area contributed by atoms with Crippen molar-refractivity contribution in [1.29, 1.82) is 5.26 Å². The van der Waals surface area contributed by atoms with Gasteiger partial charge in [0.1, 0.15) is 18.4 Å². The maximum atomic E-state index is 12.6. The molecule has 136 valence electrons. The molecule has 0 radical (unpaired) electrons. The summed E-state index contributed by atoms with van der Waals surface area (Å²) in [6.07, 6.45) is 0. The zero-order valence-electron chi connectivity index (χ0n) is 14.7. The lowest BCUT2D eigenvalue weighted by Gasteiger charge is -2.14. The number of hydrogen-bond donors (Lipinski definition) is 0. The maximum Gasteiger partial charge on any atom is 0.319 e. The number of hydrogen-bond acceptors (Lipinski definition) is 6.